The summed E-state index contributed by atoms with van der Waals surface area (Å²) >= 11 is 3.98. The fraction of sp³-hybridized carbons (Fsp3) is 0.500. The van der Waals surface area contributed by atoms with Crippen molar-refractivity contribution in [1.29, 1.82) is 0 Å². The third-order valence-electron chi connectivity index (χ3n) is 0.406. The van der Waals surface area contributed by atoms with Crippen molar-refractivity contribution < 1.29 is 28.5 Å². The van der Waals surface area contributed by atoms with Crippen LogP contribution in [0.15, 0.2) is 0 Å². The van der Waals surface area contributed by atoms with Crippen LogP contribution in [0.3, 0.4) is 0 Å². The molecule has 1 atom stereocenters. The van der Waals surface area contributed by atoms with Gasteiger partial charge in [-0.15, -0.1) is 0 Å². The monoisotopic (exact) mass is 193 g/mol. The van der Waals surface area contributed by atoms with Gasteiger partial charge in [0.25, 0.3) is 0 Å². The van der Waals surface area contributed by atoms with E-state index < -0.39 is 0 Å². The first kappa shape index (κ1) is 9.14. The van der Waals surface area contributed by atoms with E-state index in [0.29, 0.717) is 0 Å². The summed E-state index contributed by atoms with van der Waals surface area (Å²) in [4.78, 5) is 3.46. The zero-order valence-electron chi connectivity index (χ0n) is 4.71. The summed E-state index contributed by atoms with van der Waals surface area (Å²) < 4.78 is 4.87. The molecule has 9 heavy (non-hydrogen) atoms. The second-order valence-corrected chi connectivity index (χ2v) is 3.74. The summed E-state index contributed by atoms with van der Waals surface area (Å²) in [6.45, 7) is 0.224. The van der Waals surface area contributed by atoms with Gasteiger partial charge in [-0.1, -0.05) is 0 Å². The Balaban J connectivity index is 3.19. The molecule has 0 fully saturated rings. The number of rotatable bonds is 2. The average molecular weight is 193 g/mol. The van der Waals surface area contributed by atoms with Crippen LogP contribution in [0.1, 0.15) is 0 Å². The molecule has 3 nitrogen and oxygen atoms in total. The Morgan fingerprint density at radius 2 is 2.44 bits per heavy atom. The molecule has 0 bridgehead atoms. The van der Waals surface area contributed by atoms with Crippen LogP contribution in [0.5, 0.6) is 0 Å². The van der Waals surface area contributed by atoms with Crippen LogP contribution in [0.25, 0.3) is 0 Å². The van der Waals surface area contributed by atoms with E-state index in [-0.39, 0.29) is 15.8 Å². The van der Waals surface area contributed by atoms with E-state index in [1.807, 2.05) is 6.11 Å². The van der Waals surface area contributed by atoms with Crippen LogP contribution in [0.4, 0.5) is 0 Å². The Morgan fingerprint density at radius 1 is 1.78 bits per heavy atom. The molecule has 0 rings (SSSR count). The first-order valence-corrected chi connectivity index (χ1v) is 4.69. The Morgan fingerprint density at radius 3 is 2.89 bits per heavy atom. The van der Waals surface area contributed by atoms with Crippen molar-refractivity contribution >= 4 is 9.15 Å². The summed E-state index contributed by atoms with van der Waals surface area (Å²) in [5.41, 5.74) is 0. The Hall–Kier alpha value is 0.136. The second-order valence-electron chi connectivity index (χ2n) is 0.991. The van der Waals surface area contributed by atoms with E-state index in [4.69, 9.17) is 9.44 Å². The maximum absolute atomic E-state index is 7.69. The fourth-order valence-electron chi connectivity index (χ4n) is 0.170. The Labute approximate surface area is 62.9 Å². The van der Waals surface area contributed by atoms with Gasteiger partial charge >= 0.3 is 62.5 Å². The van der Waals surface area contributed by atoms with Crippen LogP contribution in [0, 0.1) is 12.0 Å². The van der Waals surface area contributed by atoms with E-state index in [0.717, 1.165) is 0 Å². The van der Waals surface area contributed by atoms with Crippen molar-refractivity contribution in [2.24, 2.45) is 0 Å². The molecular weight excluding hydrogens is 187 g/mol. The molecule has 1 unspecified atom stereocenters. The summed E-state index contributed by atoms with van der Waals surface area (Å²) in [5, 5.41) is 7.69. The molecule has 0 saturated heterocycles. The molecule has 0 saturated carbocycles. The molecule has 0 spiro atoms. The number of hydrogen-bond donors (Lipinski definition) is 1. The third-order valence-corrected chi connectivity index (χ3v) is 1.21. The predicted molar refractivity (Wildman–Crippen MR) is 31.0 cm³/mol. The topological polar surface area (TPSA) is 38.7 Å². The van der Waals surface area contributed by atoms with Gasteiger partial charge in [-0.3, -0.25) is 0 Å². The molecule has 0 aliphatic carbocycles. The van der Waals surface area contributed by atoms with Gasteiger partial charge in [0.15, 0.2) is 0 Å². The van der Waals surface area contributed by atoms with E-state index >= 15 is 0 Å². The zero-order chi connectivity index (χ0) is 7.11. The summed E-state index contributed by atoms with van der Waals surface area (Å²) in [7, 11) is -0.371. The van der Waals surface area contributed by atoms with Gasteiger partial charge in [-0.05, 0) is 0 Å². The molecule has 5 heteroatoms. The standard InChI is InChI=1S/C4H6O3S.Co/c1-8-7-4-2-3-6-5;/h5H,4H2,1H3;. The quantitative estimate of drug-likeness (QED) is 0.399. The van der Waals surface area contributed by atoms with Crippen molar-refractivity contribution in [3.05, 3.63) is 0 Å². The molecule has 0 aromatic heterocycles. The van der Waals surface area contributed by atoms with Crippen molar-refractivity contribution in [1.82, 2.24) is 0 Å². The molecular formula is C4H6CoO3S. The molecule has 0 aromatic rings. The maximum atomic E-state index is 7.69. The molecule has 0 aromatic carbocycles. The first-order valence-electron chi connectivity index (χ1n) is 1.99. The molecule has 0 amide bonds. The summed E-state index contributed by atoms with van der Waals surface area (Å²) in [6.07, 6.45) is 3.75. The SMILES string of the molecule is C[S](=[Co])OCC#COO. The van der Waals surface area contributed by atoms with Crippen molar-refractivity contribution in [2.75, 3.05) is 12.9 Å². The van der Waals surface area contributed by atoms with E-state index in [1.165, 1.54) is 0 Å². The molecule has 1 N–H and O–H groups in total. The second kappa shape index (κ2) is 6.26. The van der Waals surface area contributed by atoms with E-state index in [1.54, 1.807) is 6.26 Å². The molecule has 0 aliphatic rings. The zero-order valence-corrected chi connectivity index (χ0v) is 6.57. The van der Waals surface area contributed by atoms with Crippen molar-refractivity contribution in [3.8, 4) is 12.0 Å². The average Bonchev–Trinajstić information content (AvgIpc) is 1.80. The van der Waals surface area contributed by atoms with Crippen LogP contribution < -0.4 is 0 Å². The molecule has 0 radical (unpaired) electrons. The minimum absolute atomic E-state index is 0.224. The van der Waals surface area contributed by atoms with Gasteiger partial charge < -0.3 is 0 Å². The Kier molecular flexibility index (Phi) is 6.35. The Bertz CT molecular complexity index is 148. The van der Waals surface area contributed by atoms with Crippen LogP contribution in [-0.2, 0) is 23.2 Å². The molecule has 0 aliphatic heterocycles. The van der Waals surface area contributed by atoms with Gasteiger partial charge in [0.2, 0.25) is 0 Å². The van der Waals surface area contributed by atoms with E-state index in [2.05, 4.69) is 24.9 Å². The van der Waals surface area contributed by atoms with Gasteiger partial charge in [0, 0.05) is 0 Å². The first-order chi connectivity index (χ1) is 4.27. The molecule has 0 heterocycles. The summed E-state index contributed by atoms with van der Waals surface area (Å²) in [6, 6.07) is 0. The van der Waals surface area contributed by atoms with Crippen LogP contribution in [-0.4, -0.2) is 18.1 Å². The minimum atomic E-state index is -0.371. The number of hydrogen-bond acceptors (Lipinski definition) is 3. The van der Waals surface area contributed by atoms with E-state index in [9.17, 15) is 0 Å². The fourth-order valence-corrected chi connectivity index (χ4v) is 0.570. The van der Waals surface area contributed by atoms with Gasteiger partial charge in [0.05, 0.1) is 0 Å². The van der Waals surface area contributed by atoms with Gasteiger partial charge in [0.1, 0.15) is 0 Å². The van der Waals surface area contributed by atoms with Gasteiger partial charge in [-0.25, -0.2) is 0 Å². The molecule has 55 valence electrons. The predicted octanol–water partition coefficient (Wildman–Crippen LogP) is 0.729. The third kappa shape index (κ3) is 8.14. The van der Waals surface area contributed by atoms with Gasteiger partial charge in [-0.2, -0.15) is 0 Å². The normalized spacial score (nSPS) is 11.4. The van der Waals surface area contributed by atoms with Crippen LogP contribution in [0.2, 0.25) is 0 Å². The van der Waals surface area contributed by atoms with Crippen molar-refractivity contribution in [2.45, 2.75) is 0 Å². The summed E-state index contributed by atoms with van der Waals surface area (Å²) in [5.74, 6) is 2.38. The van der Waals surface area contributed by atoms with Crippen molar-refractivity contribution in [3.63, 3.8) is 0 Å². The van der Waals surface area contributed by atoms with Crippen LogP contribution >= 0.6 is 9.15 Å².